The monoisotopic (exact) mass is 408 g/mol. The van der Waals surface area contributed by atoms with Crippen LogP contribution in [0.4, 0.5) is 0 Å². The molecule has 0 spiro atoms. The van der Waals surface area contributed by atoms with Crippen LogP contribution < -0.4 is 5.32 Å². The van der Waals surface area contributed by atoms with Gasteiger partial charge in [0, 0.05) is 12.3 Å². The Morgan fingerprint density at radius 2 is 1.96 bits per heavy atom. The highest BCUT2D eigenvalue weighted by atomic mass is 35.5. The smallest absolute Gasteiger partial charge is 0.256 e. The van der Waals surface area contributed by atoms with Gasteiger partial charge in [-0.05, 0) is 37.3 Å². The van der Waals surface area contributed by atoms with E-state index in [4.69, 9.17) is 11.6 Å². The fraction of sp³-hybridized carbons (Fsp3) is 0.619. The minimum atomic E-state index is -0.414. The first-order chi connectivity index (χ1) is 13.1. The Morgan fingerprint density at radius 1 is 1.22 bits per heavy atom. The Balaban J connectivity index is 1.83. The summed E-state index contributed by atoms with van der Waals surface area (Å²) >= 11 is 8.07. The van der Waals surface area contributed by atoms with Crippen molar-refractivity contribution in [1.82, 2.24) is 10.2 Å². The Morgan fingerprint density at radius 3 is 2.67 bits per heavy atom. The molecule has 0 bridgehead atoms. The predicted octanol–water partition coefficient (Wildman–Crippen LogP) is 4.72. The van der Waals surface area contributed by atoms with E-state index in [1.54, 1.807) is 23.9 Å². The van der Waals surface area contributed by atoms with E-state index in [0.717, 1.165) is 25.7 Å². The number of unbranched alkanes of at least 4 members (excludes halogenated alkanes) is 1. The van der Waals surface area contributed by atoms with E-state index in [-0.39, 0.29) is 17.2 Å². The van der Waals surface area contributed by atoms with Gasteiger partial charge in [-0.1, -0.05) is 56.3 Å². The van der Waals surface area contributed by atoms with Crippen molar-refractivity contribution in [3.8, 4) is 0 Å². The average molecular weight is 409 g/mol. The standard InChI is InChI=1S/C21H29ClN2O2S/c1-2-3-13-23-19(25)18-14-27-21(15-9-5-4-6-10-15)24(18)20(26)16-11-7-8-12-17(16)22/h7-8,11-12,15,18,21H,2-6,9-10,13-14H2,1H3,(H,23,25). The number of carbonyl (C=O) groups excluding carboxylic acids is 2. The summed E-state index contributed by atoms with van der Waals surface area (Å²) in [5, 5.41) is 3.54. The van der Waals surface area contributed by atoms with Crippen molar-refractivity contribution in [2.24, 2.45) is 5.92 Å². The molecule has 27 heavy (non-hydrogen) atoms. The lowest BCUT2D eigenvalue weighted by atomic mass is 9.88. The molecule has 1 saturated heterocycles. The highest BCUT2D eigenvalue weighted by Gasteiger charge is 2.45. The lowest BCUT2D eigenvalue weighted by Crippen LogP contribution is -2.51. The summed E-state index contributed by atoms with van der Waals surface area (Å²) in [4.78, 5) is 28.1. The van der Waals surface area contributed by atoms with Gasteiger partial charge in [0.2, 0.25) is 5.91 Å². The Labute approximate surface area is 171 Å². The second-order valence-electron chi connectivity index (χ2n) is 7.47. The molecule has 1 aromatic rings. The third-order valence-corrected chi connectivity index (χ3v) is 7.35. The highest BCUT2D eigenvalue weighted by molar-refractivity contribution is 8.00. The molecule has 1 N–H and O–H groups in total. The van der Waals surface area contributed by atoms with Gasteiger partial charge in [-0.25, -0.2) is 0 Å². The second-order valence-corrected chi connectivity index (χ2v) is 9.03. The van der Waals surface area contributed by atoms with Gasteiger partial charge >= 0.3 is 0 Å². The summed E-state index contributed by atoms with van der Waals surface area (Å²) in [5.74, 6) is 0.977. The number of hydrogen-bond donors (Lipinski definition) is 1. The van der Waals surface area contributed by atoms with Gasteiger partial charge in [0.25, 0.3) is 5.91 Å². The molecule has 1 aliphatic heterocycles. The quantitative estimate of drug-likeness (QED) is 0.693. The van der Waals surface area contributed by atoms with Crippen molar-refractivity contribution in [3.63, 3.8) is 0 Å². The van der Waals surface area contributed by atoms with Crippen LogP contribution in [-0.4, -0.2) is 40.4 Å². The summed E-state index contributed by atoms with van der Waals surface area (Å²) in [6.07, 6.45) is 7.95. The number of amides is 2. The first kappa shape index (κ1) is 20.5. The Kier molecular flexibility index (Phi) is 7.48. The molecule has 0 radical (unpaired) electrons. The Bertz CT molecular complexity index is 663. The van der Waals surface area contributed by atoms with E-state index in [2.05, 4.69) is 12.2 Å². The maximum absolute atomic E-state index is 13.4. The molecule has 1 heterocycles. The van der Waals surface area contributed by atoms with Crippen LogP contribution in [0, 0.1) is 5.92 Å². The number of thioether (sulfide) groups is 1. The molecule has 6 heteroatoms. The molecule has 4 nitrogen and oxygen atoms in total. The molecular formula is C21H29ClN2O2S. The number of benzene rings is 1. The molecule has 2 amide bonds. The molecular weight excluding hydrogens is 380 g/mol. The highest BCUT2D eigenvalue weighted by Crippen LogP contribution is 2.41. The SMILES string of the molecule is CCCCNC(=O)C1CSC(C2CCCCC2)N1C(=O)c1ccccc1Cl. The zero-order valence-corrected chi connectivity index (χ0v) is 17.5. The van der Waals surface area contributed by atoms with E-state index in [9.17, 15) is 9.59 Å². The van der Waals surface area contributed by atoms with Crippen LogP contribution in [0.1, 0.15) is 62.2 Å². The van der Waals surface area contributed by atoms with Crippen molar-refractivity contribution >= 4 is 35.2 Å². The minimum Gasteiger partial charge on any atom is -0.354 e. The predicted molar refractivity (Wildman–Crippen MR) is 112 cm³/mol. The molecule has 1 aliphatic carbocycles. The fourth-order valence-corrected chi connectivity index (χ4v) is 5.90. The van der Waals surface area contributed by atoms with Crippen LogP contribution in [-0.2, 0) is 4.79 Å². The average Bonchev–Trinajstić information content (AvgIpc) is 3.14. The second kappa shape index (κ2) is 9.83. The molecule has 1 aromatic carbocycles. The topological polar surface area (TPSA) is 49.4 Å². The summed E-state index contributed by atoms with van der Waals surface area (Å²) in [5.41, 5.74) is 0.494. The van der Waals surface area contributed by atoms with E-state index in [1.165, 1.54) is 19.3 Å². The molecule has 1 saturated carbocycles. The Hall–Kier alpha value is -1.20. The first-order valence-corrected chi connectivity index (χ1v) is 11.5. The van der Waals surface area contributed by atoms with Gasteiger partial charge in [0.15, 0.2) is 0 Å². The molecule has 3 rings (SSSR count). The van der Waals surface area contributed by atoms with Crippen molar-refractivity contribution in [1.29, 1.82) is 0 Å². The van der Waals surface area contributed by atoms with Crippen LogP contribution in [0.5, 0.6) is 0 Å². The maximum Gasteiger partial charge on any atom is 0.256 e. The minimum absolute atomic E-state index is 0.0327. The molecule has 0 aromatic heterocycles. The van der Waals surface area contributed by atoms with Gasteiger partial charge in [-0.3, -0.25) is 9.59 Å². The number of rotatable bonds is 6. The van der Waals surface area contributed by atoms with E-state index in [0.29, 0.717) is 28.8 Å². The zero-order valence-electron chi connectivity index (χ0n) is 16.0. The van der Waals surface area contributed by atoms with Gasteiger partial charge in [0.05, 0.1) is 16.0 Å². The molecule has 2 fully saturated rings. The first-order valence-electron chi connectivity index (χ1n) is 10.1. The summed E-state index contributed by atoms with van der Waals surface area (Å²) in [6, 6.07) is 6.74. The van der Waals surface area contributed by atoms with Crippen molar-refractivity contribution in [3.05, 3.63) is 34.9 Å². The summed E-state index contributed by atoms with van der Waals surface area (Å²) < 4.78 is 0. The molecule has 148 valence electrons. The zero-order chi connectivity index (χ0) is 19.2. The third-order valence-electron chi connectivity index (χ3n) is 5.56. The van der Waals surface area contributed by atoms with Gasteiger partial charge in [0.1, 0.15) is 6.04 Å². The van der Waals surface area contributed by atoms with Gasteiger partial charge in [-0.2, -0.15) is 0 Å². The fourth-order valence-electron chi connectivity index (χ4n) is 4.05. The number of nitrogens with one attached hydrogen (secondary N) is 1. The number of nitrogens with zero attached hydrogens (tertiary/aromatic N) is 1. The van der Waals surface area contributed by atoms with Crippen molar-refractivity contribution in [2.45, 2.75) is 63.3 Å². The lowest BCUT2D eigenvalue weighted by Gasteiger charge is -2.35. The number of halogens is 1. The van der Waals surface area contributed by atoms with Crippen LogP contribution >= 0.6 is 23.4 Å². The normalized spacial score (nSPS) is 23.4. The van der Waals surface area contributed by atoms with E-state index >= 15 is 0 Å². The maximum atomic E-state index is 13.4. The van der Waals surface area contributed by atoms with Crippen LogP contribution in [0.15, 0.2) is 24.3 Å². The molecule has 2 aliphatic rings. The largest absolute Gasteiger partial charge is 0.354 e. The molecule has 2 unspecified atom stereocenters. The van der Waals surface area contributed by atoms with Gasteiger partial charge < -0.3 is 10.2 Å². The van der Waals surface area contributed by atoms with Crippen LogP contribution in [0.3, 0.4) is 0 Å². The third kappa shape index (κ3) is 4.80. The van der Waals surface area contributed by atoms with Crippen LogP contribution in [0.25, 0.3) is 0 Å². The van der Waals surface area contributed by atoms with Crippen molar-refractivity contribution in [2.75, 3.05) is 12.3 Å². The van der Waals surface area contributed by atoms with E-state index in [1.807, 2.05) is 17.0 Å². The number of hydrogen-bond acceptors (Lipinski definition) is 3. The summed E-state index contributed by atoms with van der Waals surface area (Å²) in [7, 11) is 0. The number of carbonyl (C=O) groups is 2. The van der Waals surface area contributed by atoms with Crippen LogP contribution in [0.2, 0.25) is 5.02 Å². The lowest BCUT2D eigenvalue weighted by molar-refractivity contribution is -0.125. The van der Waals surface area contributed by atoms with E-state index < -0.39 is 6.04 Å². The molecule has 2 atom stereocenters. The summed E-state index contributed by atoms with van der Waals surface area (Å²) in [6.45, 7) is 2.77. The van der Waals surface area contributed by atoms with Crippen molar-refractivity contribution < 1.29 is 9.59 Å². The van der Waals surface area contributed by atoms with Gasteiger partial charge in [-0.15, -0.1) is 11.8 Å².